The van der Waals surface area contributed by atoms with Crippen molar-refractivity contribution in [1.82, 2.24) is 9.97 Å². The van der Waals surface area contributed by atoms with E-state index in [4.69, 9.17) is 0 Å². The Morgan fingerprint density at radius 3 is 2.15 bits per heavy atom. The second-order valence-corrected chi connectivity index (χ2v) is 5.27. The summed E-state index contributed by atoms with van der Waals surface area (Å²) in [4.78, 5) is 8.85. The van der Waals surface area contributed by atoms with Gasteiger partial charge >= 0.3 is 0 Å². The van der Waals surface area contributed by atoms with Gasteiger partial charge in [-0.25, -0.2) is 9.97 Å². The third-order valence-electron chi connectivity index (χ3n) is 3.93. The molecule has 104 valence electrons. The fraction of sp³-hybridized carbons (Fsp3) is 0.375. The molecule has 4 heteroatoms. The fourth-order valence-electron chi connectivity index (χ4n) is 2.72. The lowest BCUT2D eigenvalue weighted by Gasteiger charge is -2.10. The monoisotopic (exact) mass is 268 g/mol. The van der Waals surface area contributed by atoms with E-state index in [-0.39, 0.29) is 0 Å². The molecule has 1 saturated carbocycles. The minimum atomic E-state index is 0.656. The van der Waals surface area contributed by atoms with Crippen molar-refractivity contribution in [2.24, 2.45) is 0 Å². The third kappa shape index (κ3) is 2.90. The maximum atomic E-state index is 4.42. The number of nitrogens with one attached hydrogen (secondary N) is 2. The summed E-state index contributed by atoms with van der Waals surface area (Å²) in [6.45, 7) is 0. The first-order valence-electron chi connectivity index (χ1n) is 7.22. The summed E-state index contributed by atoms with van der Waals surface area (Å²) in [5.41, 5.74) is 3.37. The van der Waals surface area contributed by atoms with Gasteiger partial charge in [0.1, 0.15) is 0 Å². The van der Waals surface area contributed by atoms with Gasteiger partial charge in [-0.05, 0) is 48.6 Å². The second kappa shape index (κ2) is 5.90. The van der Waals surface area contributed by atoms with Crippen LogP contribution in [-0.4, -0.2) is 17.0 Å². The molecule has 0 radical (unpaired) electrons. The van der Waals surface area contributed by atoms with Gasteiger partial charge in [-0.2, -0.15) is 0 Å². The molecule has 4 nitrogen and oxygen atoms in total. The van der Waals surface area contributed by atoms with Crippen molar-refractivity contribution in [3.8, 4) is 0 Å². The van der Waals surface area contributed by atoms with Crippen molar-refractivity contribution in [1.29, 1.82) is 0 Å². The molecular formula is C16H20N4. The molecular weight excluding hydrogens is 248 g/mol. The molecule has 3 rings (SSSR count). The molecule has 0 unspecified atom stereocenters. The summed E-state index contributed by atoms with van der Waals surface area (Å²) in [5, 5.41) is 6.32. The molecule has 1 aliphatic carbocycles. The highest BCUT2D eigenvalue weighted by Crippen LogP contribution is 2.33. The Labute approximate surface area is 119 Å². The SMILES string of the molecule is CNc1ccc(Nc2ncc(C3CCCC3)cn2)cc1. The van der Waals surface area contributed by atoms with E-state index in [0.29, 0.717) is 11.9 Å². The summed E-state index contributed by atoms with van der Waals surface area (Å²) in [6.07, 6.45) is 9.16. The zero-order valence-electron chi connectivity index (χ0n) is 11.8. The van der Waals surface area contributed by atoms with Crippen LogP contribution >= 0.6 is 0 Å². The van der Waals surface area contributed by atoms with E-state index in [0.717, 1.165) is 11.4 Å². The minimum Gasteiger partial charge on any atom is -0.388 e. The van der Waals surface area contributed by atoms with Crippen LogP contribution in [0.15, 0.2) is 36.7 Å². The van der Waals surface area contributed by atoms with Crippen LogP contribution in [0.5, 0.6) is 0 Å². The highest BCUT2D eigenvalue weighted by Gasteiger charge is 2.17. The van der Waals surface area contributed by atoms with Gasteiger partial charge in [0.05, 0.1) is 0 Å². The van der Waals surface area contributed by atoms with Crippen LogP contribution in [0.1, 0.15) is 37.2 Å². The molecule has 0 saturated heterocycles. The molecule has 0 bridgehead atoms. The fourth-order valence-corrected chi connectivity index (χ4v) is 2.72. The van der Waals surface area contributed by atoms with Crippen molar-refractivity contribution in [2.75, 3.05) is 17.7 Å². The predicted molar refractivity (Wildman–Crippen MR) is 82.5 cm³/mol. The standard InChI is InChI=1S/C16H20N4/c1-17-14-6-8-15(9-7-14)20-16-18-10-13(11-19-16)12-4-2-3-5-12/h6-12,17H,2-5H2,1H3,(H,18,19,20). The van der Waals surface area contributed by atoms with E-state index in [1.165, 1.54) is 31.2 Å². The van der Waals surface area contributed by atoms with Gasteiger partial charge in [-0.3, -0.25) is 0 Å². The average Bonchev–Trinajstić information content (AvgIpc) is 3.03. The van der Waals surface area contributed by atoms with Crippen LogP contribution in [0.2, 0.25) is 0 Å². The number of aromatic nitrogens is 2. The molecule has 0 amide bonds. The Balaban J connectivity index is 1.67. The molecule has 1 heterocycles. The van der Waals surface area contributed by atoms with E-state index >= 15 is 0 Å². The zero-order chi connectivity index (χ0) is 13.8. The minimum absolute atomic E-state index is 0.656. The van der Waals surface area contributed by atoms with E-state index in [2.05, 4.69) is 20.6 Å². The van der Waals surface area contributed by atoms with Crippen LogP contribution in [0.25, 0.3) is 0 Å². The van der Waals surface area contributed by atoms with Crippen molar-refractivity contribution in [2.45, 2.75) is 31.6 Å². The van der Waals surface area contributed by atoms with Crippen molar-refractivity contribution >= 4 is 17.3 Å². The van der Waals surface area contributed by atoms with Gasteiger partial charge in [0.25, 0.3) is 0 Å². The van der Waals surface area contributed by atoms with E-state index in [9.17, 15) is 0 Å². The van der Waals surface area contributed by atoms with Gasteiger partial charge in [0.2, 0.25) is 5.95 Å². The summed E-state index contributed by atoms with van der Waals surface area (Å²) in [5.74, 6) is 1.32. The van der Waals surface area contributed by atoms with Crippen molar-refractivity contribution < 1.29 is 0 Å². The maximum Gasteiger partial charge on any atom is 0.227 e. The molecule has 2 N–H and O–H groups in total. The number of rotatable bonds is 4. The first-order valence-corrected chi connectivity index (χ1v) is 7.22. The molecule has 0 atom stereocenters. The highest BCUT2D eigenvalue weighted by atomic mass is 15.1. The quantitative estimate of drug-likeness (QED) is 0.882. The average molecular weight is 268 g/mol. The van der Waals surface area contributed by atoms with Crippen LogP contribution < -0.4 is 10.6 Å². The van der Waals surface area contributed by atoms with E-state index < -0.39 is 0 Å². The molecule has 1 aromatic carbocycles. The summed E-state index contributed by atoms with van der Waals surface area (Å²) in [7, 11) is 1.91. The van der Waals surface area contributed by atoms with Crippen LogP contribution in [0.4, 0.5) is 17.3 Å². The lowest BCUT2D eigenvalue weighted by molar-refractivity contribution is 0.714. The maximum absolute atomic E-state index is 4.42. The number of hydrogen-bond acceptors (Lipinski definition) is 4. The van der Waals surface area contributed by atoms with E-state index in [1.54, 1.807) is 0 Å². The predicted octanol–water partition coefficient (Wildman–Crippen LogP) is 3.92. The first kappa shape index (κ1) is 12.9. The zero-order valence-corrected chi connectivity index (χ0v) is 11.8. The first-order chi connectivity index (χ1) is 9.85. The van der Waals surface area contributed by atoms with Crippen LogP contribution in [0.3, 0.4) is 0 Å². The summed E-state index contributed by atoms with van der Waals surface area (Å²) >= 11 is 0. The largest absolute Gasteiger partial charge is 0.388 e. The van der Waals surface area contributed by atoms with Gasteiger partial charge in [0.15, 0.2) is 0 Å². The molecule has 20 heavy (non-hydrogen) atoms. The summed E-state index contributed by atoms with van der Waals surface area (Å²) < 4.78 is 0. The number of anilines is 3. The van der Waals surface area contributed by atoms with Crippen LogP contribution in [0, 0.1) is 0 Å². The van der Waals surface area contributed by atoms with Crippen LogP contribution in [-0.2, 0) is 0 Å². The van der Waals surface area contributed by atoms with Gasteiger partial charge in [-0.15, -0.1) is 0 Å². The lowest BCUT2D eigenvalue weighted by atomic mass is 10.0. The Kier molecular flexibility index (Phi) is 3.81. The molecule has 2 aromatic rings. The summed E-state index contributed by atoms with van der Waals surface area (Å²) in [6, 6.07) is 8.07. The Hall–Kier alpha value is -2.10. The normalized spacial score (nSPS) is 15.2. The Morgan fingerprint density at radius 1 is 0.950 bits per heavy atom. The number of hydrogen-bond donors (Lipinski definition) is 2. The Bertz CT molecular complexity index is 542. The molecule has 1 aromatic heterocycles. The highest BCUT2D eigenvalue weighted by molar-refractivity contribution is 5.58. The third-order valence-corrected chi connectivity index (χ3v) is 3.93. The topological polar surface area (TPSA) is 49.8 Å². The van der Waals surface area contributed by atoms with Gasteiger partial charge < -0.3 is 10.6 Å². The second-order valence-electron chi connectivity index (χ2n) is 5.27. The van der Waals surface area contributed by atoms with Gasteiger partial charge in [0, 0.05) is 30.8 Å². The number of benzene rings is 1. The van der Waals surface area contributed by atoms with Gasteiger partial charge in [-0.1, -0.05) is 12.8 Å². The Morgan fingerprint density at radius 2 is 1.55 bits per heavy atom. The molecule has 1 fully saturated rings. The number of nitrogens with zero attached hydrogens (tertiary/aromatic N) is 2. The van der Waals surface area contributed by atoms with E-state index in [1.807, 2.05) is 43.7 Å². The molecule has 0 spiro atoms. The van der Waals surface area contributed by atoms with Crippen molar-refractivity contribution in [3.05, 3.63) is 42.2 Å². The molecule has 0 aliphatic heterocycles. The smallest absolute Gasteiger partial charge is 0.227 e. The lowest BCUT2D eigenvalue weighted by Crippen LogP contribution is -2.00. The molecule has 1 aliphatic rings. The van der Waals surface area contributed by atoms with Crippen molar-refractivity contribution in [3.63, 3.8) is 0 Å².